The van der Waals surface area contributed by atoms with Crippen molar-refractivity contribution in [3.05, 3.63) is 28.2 Å². The van der Waals surface area contributed by atoms with Crippen molar-refractivity contribution in [1.29, 1.82) is 0 Å². The molecule has 1 aliphatic heterocycles. The van der Waals surface area contributed by atoms with Gasteiger partial charge in [-0.25, -0.2) is 0 Å². The number of rotatable bonds is 3. The summed E-state index contributed by atoms with van der Waals surface area (Å²) in [5.41, 5.74) is 1.28. The molecule has 0 aromatic heterocycles. The molecule has 1 aliphatic rings. The number of methoxy groups -OCH3 is 1. The fourth-order valence-corrected chi connectivity index (χ4v) is 2.67. The van der Waals surface area contributed by atoms with Crippen LogP contribution in [0.25, 0.3) is 0 Å². The van der Waals surface area contributed by atoms with Crippen LogP contribution in [0, 0.1) is 0 Å². The first-order valence-corrected chi connectivity index (χ1v) is 7.11. The molecular weight excluding hydrogens is 302 g/mol. The van der Waals surface area contributed by atoms with E-state index in [-0.39, 0.29) is 0 Å². The Morgan fingerprint density at radius 3 is 2.76 bits per heavy atom. The summed E-state index contributed by atoms with van der Waals surface area (Å²) in [5, 5.41) is 0.361. The van der Waals surface area contributed by atoms with Crippen molar-refractivity contribution in [3.8, 4) is 5.75 Å². The van der Waals surface area contributed by atoms with Gasteiger partial charge in [0, 0.05) is 16.4 Å². The molecule has 1 heterocycles. The van der Waals surface area contributed by atoms with E-state index in [2.05, 4.69) is 26.9 Å². The molecule has 17 heavy (non-hydrogen) atoms. The summed E-state index contributed by atoms with van der Waals surface area (Å²) in [6, 6.07) is 6.11. The molecule has 0 spiro atoms. The van der Waals surface area contributed by atoms with Crippen molar-refractivity contribution in [2.45, 2.75) is 24.8 Å². The van der Waals surface area contributed by atoms with E-state index in [1.807, 2.05) is 12.1 Å². The fraction of sp³-hybridized carbons (Fsp3) is 0.538. The van der Waals surface area contributed by atoms with Gasteiger partial charge in [0.1, 0.15) is 5.75 Å². The van der Waals surface area contributed by atoms with Gasteiger partial charge in [0.05, 0.1) is 7.11 Å². The van der Waals surface area contributed by atoms with E-state index in [0.717, 1.165) is 42.7 Å². The highest BCUT2D eigenvalue weighted by molar-refractivity contribution is 9.10. The number of benzene rings is 1. The van der Waals surface area contributed by atoms with Gasteiger partial charge in [0.25, 0.3) is 0 Å². The lowest BCUT2D eigenvalue weighted by molar-refractivity contribution is 0.222. The summed E-state index contributed by atoms with van der Waals surface area (Å²) in [5.74, 6) is 0.912. The Kier molecular flexibility index (Phi) is 4.71. The Labute approximate surface area is 116 Å². The second-order valence-electron chi connectivity index (χ2n) is 4.41. The smallest absolute Gasteiger partial charge is 0.119 e. The van der Waals surface area contributed by atoms with Gasteiger partial charge in [-0.15, -0.1) is 11.6 Å². The molecule has 1 aromatic rings. The number of ether oxygens (including phenoxy) is 1. The fourth-order valence-electron chi connectivity index (χ4n) is 2.10. The van der Waals surface area contributed by atoms with Crippen LogP contribution in [0.2, 0.25) is 0 Å². The quantitative estimate of drug-likeness (QED) is 0.789. The van der Waals surface area contributed by atoms with Gasteiger partial charge < -0.3 is 4.74 Å². The maximum Gasteiger partial charge on any atom is 0.119 e. The second-order valence-corrected chi connectivity index (χ2v) is 5.88. The molecule has 2 rings (SSSR count). The molecule has 0 amide bonds. The number of alkyl halides is 1. The molecular formula is C13H17BrClNO. The normalized spacial score (nSPS) is 18.3. The molecule has 94 valence electrons. The van der Waals surface area contributed by atoms with E-state index in [1.165, 1.54) is 5.56 Å². The van der Waals surface area contributed by atoms with Crippen LogP contribution in [-0.2, 0) is 6.54 Å². The molecule has 1 saturated heterocycles. The van der Waals surface area contributed by atoms with E-state index in [9.17, 15) is 0 Å². The summed E-state index contributed by atoms with van der Waals surface area (Å²) in [7, 11) is 1.70. The minimum Gasteiger partial charge on any atom is -0.497 e. The van der Waals surface area contributed by atoms with Gasteiger partial charge in [0.15, 0.2) is 0 Å². The summed E-state index contributed by atoms with van der Waals surface area (Å²) in [4.78, 5) is 2.44. The van der Waals surface area contributed by atoms with E-state index in [0.29, 0.717) is 5.38 Å². The molecule has 2 nitrogen and oxygen atoms in total. The first kappa shape index (κ1) is 13.2. The highest BCUT2D eigenvalue weighted by atomic mass is 79.9. The average Bonchev–Trinajstić information content (AvgIpc) is 2.35. The predicted molar refractivity (Wildman–Crippen MR) is 74.8 cm³/mol. The molecule has 0 N–H and O–H groups in total. The average molecular weight is 319 g/mol. The van der Waals surface area contributed by atoms with Gasteiger partial charge in [-0.2, -0.15) is 0 Å². The van der Waals surface area contributed by atoms with Crippen molar-refractivity contribution in [3.63, 3.8) is 0 Å². The third kappa shape index (κ3) is 3.60. The SMILES string of the molecule is COc1ccc(Br)c(CN2CCC(Cl)CC2)c1. The van der Waals surface area contributed by atoms with Crippen molar-refractivity contribution in [2.24, 2.45) is 0 Å². The van der Waals surface area contributed by atoms with Crippen LogP contribution in [-0.4, -0.2) is 30.5 Å². The van der Waals surface area contributed by atoms with Crippen LogP contribution in [0.1, 0.15) is 18.4 Å². The third-order valence-corrected chi connectivity index (χ3v) is 4.37. The molecule has 0 atom stereocenters. The largest absolute Gasteiger partial charge is 0.497 e. The first-order valence-electron chi connectivity index (χ1n) is 5.88. The summed E-state index contributed by atoms with van der Waals surface area (Å²) in [6.07, 6.45) is 2.17. The van der Waals surface area contributed by atoms with Crippen LogP contribution in [0.3, 0.4) is 0 Å². The number of likely N-dealkylation sites (tertiary alicyclic amines) is 1. The lowest BCUT2D eigenvalue weighted by atomic mass is 10.1. The highest BCUT2D eigenvalue weighted by Gasteiger charge is 2.17. The van der Waals surface area contributed by atoms with Gasteiger partial charge in [-0.05, 0) is 49.7 Å². The van der Waals surface area contributed by atoms with Crippen molar-refractivity contribution in [2.75, 3.05) is 20.2 Å². The predicted octanol–water partition coefficient (Wildman–Crippen LogP) is 3.66. The zero-order valence-corrected chi connectivity index (χ0v) is 12.3. The third-order valence-electron chi connectivity index (χ3n) is 3.16. The van der Waals surface area contributed by atoms with Gasteiger partial charge >= 0.3 is 0 Å². The molecule has 0 radical (unpaired) electrons. The summed E-state index contributed by atoms with van der Waals surface area (Å²) >= 11 is 9.70. The summed E-state index contributed by atoms with van der Waals surface area (Å²) in [6.45, 7) is 3.12. The lowest BCUT2D eigenvalue weighted by Crippen LogP contribution is -2.33. The van der Waals surface area contributed by atoms with Crippen LogP contribution < -0.4 is 4.74 Å². The van der Waals surface area contributed by atoms with Gasteiger partial charge in [0.2, 0.25) is 0 Å². The van der Waals surface area contributed by atoms with Crippen molar-refractivity contribution in [1.82, 2.24) is 4.90 Å². The van der Waals surface area contributed by atoms with Crippen LogP contribution >= 0.6 is 27.5 Å². The minimum absolute atomic E-state index is 0.361. The van der Waals surface area contributed by atoms with Gasteiger partial charge in [-0.1, -0.05) is 15.9 Å². The second kappa shape index (κ2) is 6.07. The lowest BCUT2D eigenvalue weighted by Gasteiger charge is -2.29. The molecule has 1 fully saturated rings. The number of nitrogens with zero attached hydrogens (tertiary/aromatic N) is 1. The standard InChI is InChI=1S/C13H17BrClNO/c1-17-12-2-3-13(14)10(8-12)9-16-6-4-11(15)5-7-16/h2-3,8,11H,4-7,9H2,1H3. The van der Waals surface area contributed by atoms with E-state index in [1.54, 1.807) is 7.11 Å². The zero-order chi connectivity index (χ0) is 12.3. The Morgan fingerprint density at radius 2 is 2.12 bits per heavy atom. The number of piperidine rings is 1. The maximum absolute atomic E-state index is 6.11. The molecule has 1 aromatic carbocycles. The molecule has 0 unspecified atom stereocenters. The number of hydrogen-bond donors (Lipinski definition) is 0. The van der Waals surface area contributed by atoms with E-state index < -0.39 is 0 Å². The van der Waals surface area contributed by atoms with Gasteiger partial charge in [-0.3, -0.25) is 4.90 Å². The van der Waals surface area contributed by atoms with Crippen LogP contribution in [0.5, 0.6) is 5.75 Å². The Bertz CT molecular complexity index is 378. The van der Waals surface area contributed by atoms with E-state index in [4.69, 9.17) is 16.3 Å². The maximum atomic E-state index is 6.11. The zero-order valence-electron chi connectivity index (χ0n) is 9.96. The molecule has 4 heteroatoms. The van der Waals surface area contributed by atoms with E-state index >= 15 is 0 Å². The molecule has 0 saturated carbocycles. The molecule has 0 aliphatic carbocycles. The Balaban J connectivity index is 2.02. The molecule has 0 bridgehead atoms. The van der Waals surface area contributed by atoms with Crippen molar-refractivity contribution < 1.29 is 4.74 Å². The number of halogens is 2. The monoisotopic (exact) mass is 317 g/mol. The Morgan fingerprint density at radius 1 is 1.41 bits per heavy atom. The first-order chi connectivity index (χ1) is 8.19. The Hall–Kier alpha value is -0.250. The minimum atomic E-state index is 0.361. The number of hydrogen-bond acceptors (Lipinski definition) is 2. The van der Waals surface area contributed by atoms with Crippen LogP contribution in [0.4, 0.5) is 0 Å². The summed E-state index contributed by atoms with van der Waals surface area (Å²) < 4.78 is 6.40. The topological polar surface area (TPSA) is 12.5 Å². The van der Waals surface area contributed by atoms with Crippen molar-refractivity contribution >= 4 is 27.5 Å². The highest BCUT2D eigenvalue weighted by Crippen LogP contribution is 2.25. The van der Waals surface area contributed by atoms with Crippen LogP contribution in [0.15, 0.2) is 22.7 Å².